The largest absolute Gasteiger partial charge is 0.466 e. The number of fused-ring (bicyclic) bond motifs is 2. The van der Waals surface area contributed by atoms with E-state index in [1.54, 1.807) is 0 Å². The van der Waals surface area contributed by atoms with Crippen molar-refractivity contribution in [2.75, 3.05) is 13.9 Å². The van der Waals surface area contributed by atoms with Crippen LogP contribution in [0.3, 0.4) is 0 Å². The molecule has 3 aliphatic rings. The first-order valence-corrected chi connectivity index (χ1v) is 12.1. The second-order valence-electron chi connectivity index (χ2n) is 8.38. The number of aryl methyl sites for hydroxylation is 1. The molecule has 0 saturated carbocycles. The van der Waals surface area contributed by atoms with Crippen molar-refractivity contribution in [1.29, 1.82) is 0 Å². The summed E-state index contributed by atoms with van der Waals surface area (Å²) >= 11 is 1.45. The lowest BCUT2D eigenvalue weighted by Crippen LogP contribution is -2.38. The highest BCUT2D eigenvalue weighted by Gasteiger charge is 2.41. The minimum atomic E-state index is -0.431. The maximum Gasteiger partial charge on any atom is 0.338 e. The number of nitrogens with one attached hydrogen (secondary N) is 1. The van der Waals surface area contributed by atoms with E-state index in [-0.39, 0.29) is 19.1 Å². The van der Waals surface area contributed by atoms with E-state index in [2.05, 4.69) is 10.3 Å². The van der Waals surface area contributed by atoms with Gasteiger partial charge in [-0.1, -0.05) is 42.1 Å². The summed E-state index contributed by atoms with van der Waals surface area (Å²) < 4.78 is 15.9. The Morgan fingerprint density at radius 2 is 1.97 bits per heavy atom. The number of benzene rings is 2. The van der Waals surface area contributed by atoms with Crippen LogP contribution in [0.2, 0.25) is 0 Å². The molecule has 1 amide bonds. The summed E-state index contributed by atoms with van der Waals surface area (Å²) in [6, 6.07) is 13.1. The third-order valence-corrected chi connectivity index (χ3v) is 7.05. The van der Waals surface area contributed by atoms with E-state index in [4.69, 9.17) is 14.2 Å². The predicted octanol–water partition coefficient (Wildman–Crippen LogP) is 4.18. The van der Waals surface area contributed by atoms with Crippen LogP contribution in [-0.4, -0.2) is 35.8 Å². The Hall–Kier alpha value is -3.72. The fourth-order valence-corrected chi connectivity index (χ4v) is 5.37. The number of ether oxygens (including phenoxy) is 3. The molecule has 180 valence electrons. The maximum absolute atomic E-state index is 12.9. The van der Waals surface area contributed by atoms with Gasteiger partial charge in [0, 0.05) is 12.2 Å². The SMILES string of the molecule is COC(=O)C1=C(C)N=C2SC=C(CC(=O)NCc3ccc4c(c3)OCO4)N2C1c1ccccc1C. The summed E-state index contributed by atoms with van der Waals surface area (Å²) in [6.07, 6.45) is 0.145. The van der Waals surface area contributed by atoms with Crippen molar-refractivity contribution in [1.82, 2.24) is 10.2 Å². The van der Waals surface area contributed by atoms with Gasteiger partial charge in [-0.05, 0) is 48.1 Å². The molecule has 0 aromatic heterocycles. The zero-order valence-corrected chi connectivity index (χ0v) is 20.5. The van der Waals surface area contributed by atoms with Crippen LogP contribution in [0.15, 0.2) is 69.8 Å². The molecular formula is C26H25N3O5S. The van der Waals surface area contributed by atoms with Gasteiger partial charge in [0.05, 0.1) is 30.8 Å². The number of carbonyl (C=O) groups is 2. The van der Waals surface area contributed by atoms with Gasteiger partial charge in [-0.15, -0.1) is 0 Å². The number of allylic oxidation sites excluding steroid dienone is 1. The molecule has 1 atom stereocenters. The zero-order valence-electron chi connectivity index (χ0n) is 19.7. The predicted molar refractivity (Wildman–Crippen MR) is 133 cm³/mol. The number of aliphatic imine (C=N–C) groups is 1. The van der Waals surface area contributed by atoms with Crippen LogP contribution in [0.5, 0.6) is 11.5 Å². The van der Waals surface area contributed by atoms with Crippen LogP contribution < -0.4 is 14.8 Å². The summed E-state index contributed by atoms with van der Waals surface area (Å²) in [6.45, 7) is 4.40. The number of esters is 1. The molecule has 5 rings (SSSR count). The van der Waals surface area contributed by atoms with Gasteiger partial charge in [-0.2, -0.15) is 0 Å². The molecule has 9 heteroatoms. The quantitative estimate of drug-likeness (QED) is 0.607. The highest BCUT2D eigenvalue weighted by atomic mass is 32.2. The van der Waals surface area contributed by atoms with Crippen molar-refractivity contribution in [2.24, 2.45) is 4.99 Å². The Balaban J connectivity index is 1.37. The molecule has 2 aromatic carbocycles. The molecule has 8 nitrogen and oxygen atoms in total. The van der Waals surface area contributed by atoms with Gasteiger partial charge in [0.15, 0.2) is 16.7 Å². The molecular weight excluding hydrogens is 466 g/mol. The molecule has 3 heterocycles. The third-order valence-electron chi connectivity index (χ3n) is 6.16. The number of hydrogen-bond donors (Lipinski definition) is 1. The lowest BCUT2D eigenvalue weighted by atomic mass is 9.91. The van der Waals surface area contributed by atoms with E-state index in [1.165, 1.54) is 18.9 Å². The summed E-state index contributed by atoms with van der Waals surface area (Å²) in [7, 11) is 1.37. The van der Waals surface area contributed by atoms with Crippen LogP contribution in [0, 0.1) is 6.92 Å². The second-order valence-corrected chi connectivity index (χ2v) is 9.22. The Morgan fingerprint density at radius 3 is 2.77 bits per heavy atom. The van der Waals surface area contributed by atoms with Gasteiger partial charge in [-0.3, -0.25) is 4.79 Å². The topological polar surface area (TPSA) is 89.5 Å². The highest BCUT2D eigenvalue weighted by molar-refractivity contribution is 8.16. The molecule has 1 N–H and O–H groups in total. The van der Waals surface area contributed by atoms with E-state index in [0.717, 1.165) is 27.6 Å². The van der Waals surface area contributed by atoms with Crippen molar-refractivity contribution >= 4 is 28.8 Å². The van der Waals surface area contributed by atoms with Gasteiger partial charge in [0.25, 0.3) is 0 Å². The molecule has 1 unspecified atom stereocenters. The van der Waals surface area contributed by atoms with E-state index in [9.17, 15) is 9.59 Å². The monoisotopic (exact) mass is 491 g/mol. The van der Waals surface area contributed by atoms with Crippen molar-refractivity contribution in [3.63, 3.8) is 0 Å². The fourth-order valence-electron chi connectivity index (χ4n) is 4.41. The lowest BCUT2D eigenvalue weighted by molar-refractivity contribution is -0.136. The van der Waals surface area contributed by atoms with E-state index < -0.39 is 12.0 Å². The summed E-state index contributed by atoms with van der Waals surface area (Å²) in [5.41, 5.74) is 4.79. The van der Waals surface area contributed by atoms with E-state index in [1.807, 2.05) is 66.6 Å². The Morgan fingerprint density at radius 1 is 1.17 bits per heavy atom. The molecule has 0 spiro atoms. The van der Waals surface area contributed by atoms with Crippen LogP contribution in [0.4, 0.5) is 0 Å². The standard InChI is InChI=1S/C26H25N3O5S/c1-15-6-4-5-7-19(15)24-23(25(31)32-3)16(2)28-26-29(24)18(13-35-26)11-22(30)27-12-17-8-9-20-21(10-17)34-14-33-20/h4-10,13,24H,11-12,14H2,1-3H3,(H,27,30). The smallest absolute Gasteiger partial charge is 0.338 e. The number of amides is 1. The van der Waals surface area contributed by atoms with E-state index in [0.29, 0.717) is 29.3 Å². The minimum absolute atomic E-state index is 0.134. The molecule has 3 aliphatic heterocycles. The number of rotatable bonds is 6. The Labute approximate surface area is 207 Å². The normalized spacial score (nSPS) is 18.1. The number of amidine groups is 1. The summed E-state index contributed by atoms with van der Waals surface area (Å²) in [5.74, 6) is 0.823. The fraction of sp³-hybridized carbons (Fsp3) is 0.269. The molecule has 35 heavy (non-hydrogen) atoms. The maximum atomic E-state index is 12.9. The van der Waals surface area contributed by atoms with Crippen molar-refractivity contribution in [3.05, 3.63) is 81.5 Å². The zero-order chi connectivity index (χ0) is 24.5. The van der Waals surface area contributed by atoms with Crippen LogP contribution in [0.25, 0.3) is 0 Å². The van der Waals surface area contributed by atoms with Crippen LogP contribution >= 0.6 is 11.8 Å². The second kappa shape index (κ2) is 9.50. The van der Waals surface area contributed by atoms with Gasteiger partial charge in [0.1, 0.15) is 0 Å². The number of hydrogen-bond acceptors (Lipinski definition) is 8. The number of carbonyl (C=O) groups excluding carboxylic acids is 2. The lowest BCUT2D eigenvalue weighted by Gasteiger charge is -2.36. The first kappa shape index (κ1) is 23.0. The van der Waals surface area contributed by atoms with E-state index >= 15 is 0 Å². The number of methoxy groups -OCH3 is 1. The average Bonchev–Trinajstić information content (AvgIpc) is 3.48. The van der Waals surface area contributed by atoms with Crippen LogP contribution in [0.1, 0.15) is 36.1 Å². The Kier molecular flexibility index (Phi) is 6.25. The van der Waals surface area contributed by atoms with Crippen molar-refractivity contribution in [3.8, 4) is 11.5 Å². The third kappa shape index (κ3) is 4.39. The molecule has 0 bridgehead atoms. The van der Waals surface area contributed by atoms with Crippen molar-refractivity contribution < 1.29 is 23.8 Å². The molecule has 0 fully saturated rings. The van der Waals surface area contributed by atoms with Gasteiger partial charge in [-0.25, -0.2) is 9.79 Å². The van der Waals surface area contributed by atoms with Gasteiger partial charge in [0.2, 0.25) is 12.7 Å². The first-order chi connectivity index (χ1) is 17.0. The summed E-state index contributed by atoms with van der Waals surface area (Å²) in [4.78, 5) is 32.4. The molecule has 0 radical (unpaired) electrons. The van der Waals surface area contributed by atoms with Gasteiger partial charge >= 0.3 is 5.97 Å². The Bertz CT molecular complexity index is 1300. The first-order valence-electron chi connectivity index (χ1n) is 11.2. The van der Waals surface area contributed by atoms with Crippen LogP contribution in [-0.2, 0) is 20.9 Å². The summed E-state index contributed by atoms with van der Waals surface area (Å²) in [5, 5.41) is 5.64. The number of nitrogens with zero attached hydrogens (tertiary/aromatic N) is 2. The molecule has 0 aliphatic carbocycles. The van der Waals surface area contributed by atoms with Gasteiger partial charge < -0.3 is 24.4 Å². The number of thioether (sulfide) groups is 1. The highest BCUT2D eigenvalue weighted by Crippen LogP contribution is 2.45. The average molecular weight is 492 g/mol. The minimum Gasteiger partial charge on any atom is -0.466 e. The van der Waals surface area contributed by atoms with Crippen molar-refractivity contribution in [2.45, 2.75) is 32.9 Å². The molecule has 2 aromatic rings. The molecule has 0 saturated heterocycles.